The SMILES string of the molecule is COc1ccc(C(C)NCc2cnc(C)cn2)cc1. The molecule has 0 aliphatic heterocycles. The van der Waals surface area contributed by atoms with Crippen LogP contribution < -0.4 is 10.1 Å². The van der Waals surface area contributed by atoms with E-state index in [0.717, 1.165) is 17.1 Å². The molecule has 1 atom stereocenters. The molecule has 0 radical (unpaired) electrons. The first-order chi connectivity index (χ1) is 9.19. The van der Waals surface area contributed by atoms with E-state index >= 15 is 0 Å². The van der Waals surface area contributed by atoms with Gasteiger partial charge in [-0.15, -0.1) is 0 Å². The van der Waals surface area contributed by atoms with Crippen LogP contribution in [0, 0.1) is 6.92 Å². The summed E-state index contributed by atoms with van der Waals surface area (Å²) in [6.07, 6.45) is 3.60. The number of nitrogens with zero attached hydrogens (tertiary/aromatic N) is 2. The van der Waals surface area contributed by atoms with Crippen LogP contribution in [0.4, 0.5) is 0 Å². The maximum Gasteiger partial charge on any atom is 0.118 e. The standard InChI is InChI=1S/C15H19N3O/c1-11-8-18-14(9-16-11)10-17-12(2)13-4-6-15(19-3)7-5-13/h4-9,12,17H,10H2,1-3H3. The first kappa shape index (κ1) is 13.5. The summed E-state index contributed by atoms with van der Waals surface area (Å²) in [4.78, 5) is 8.56. The minimum absolute atomic E-state index is 0.258. The van der Waals surface area contributed by atoms with Crippen molar-refractivity contribution < 1.29 is 4.74 Å². The topological polar surface area (TPSA) is 47.0 Å². The van der Waals surface area contributed by atoms with E-state index in [-0.39, 0.29) is 6.04 Å². The highest BCUT2D eigenvalue weighted by atomic mass is 16.5. The molecule has 19 heavy (non-hydrogen) atoms. The quantitative estimate of drug-likeness (QED) is 0.894. The third kappa shape index (κ3) is 3.76. The predicted octanol–water partition coefficient (Wildman–Crippen LogP) is 2.64. The first-order valence-electron chi connectivity index (χ1n) is 6.34. The van der Waals surface area contributed by atoms with Gasteiger partial charge < -0.3 is 10.1 Å². The van der Waals surface area contributed by atoms with Crippen LogP contribution >= 0.6 is 0 Å². The molecule has 1 N–H and O–H groups in total. The van der Waals surface area contributed by atoms with E-state index in [1.165, 1.54) is 5.56 Å². The molecule has 4 heteroatoms. The van der Waals surface area contributed by atoms with E-state index in [0.29, 0.717) is 6.54 Å². The normalized spacial score (nSPS) is 12.2. The Morgan fingerprint density at radius 2 is 1.89 bits per heavy atom. The number of benzene rings is 1. The molecule has 0 bridgehead atoms. The van der Waals surface area contributed by atoms with Crippen molar-refractivity contribution in [3.63, 3.8) is 0 Å². The monoisotopic (exact) mass is 257 g/mol. The number of aromatic nitrogens is 2. The zero-order chi connectivity index (χ0) is 13.7. The summed E-state index contributed by atoms with van der Waals surface area (Å²) in [5, 5.41) is 3.43. The number of hydrogen-bond acceptors (Lipinski definition) is 4. The Kier molecular flexibility index (Phi) is 4.47. The second-order valence-electron chi connectivity index (χ2n) is 4.52. The van der Waals surface area contributed by atoms with E-state index < -0.39 is 0 Å². The molecule has 0 spiro atoms. The van der Waals surface area contributed by atoms with Gasteiger partial charge in [-0.2, -0.15) is 0 Å². The van der Waals surface area contributed by atoms with Crippen LogP contribution in [0.25, 0.3) is 0 Å². The third-order valence-electron chi connectivity index (χ3n) is 3.04. The van der Waals surface area contributed by atoms with Gasteiger partial charge in [0.2, 0.25) is 0 Å². The van der Waals surface area contributed by atoms with Crippen molar-refractivity contribution in [2.24, 2.45) is 0 Å². The predicted molar refractivity (Wildman–Crippen MR) is 75.0 cm³/mol. The molecule has 1 heterocycles. The zero-order valence-corrected chi connectivity index (χ0v) is 11.6. The van der Waals surface area contributed by atoms with Gasteiger partial charge in [0.15, 0.2) is 0 Å². The van der Waals surface area contributed by atoms with E-state index in [2.05, 4.69) is 34.3 Å². The summed E-state index contributed by atoms with van der Waals surface area (Å²) in [6.45, 7) is 4.77. The van der Waals surface area contributed by atoms with Crippen LogP contribution in [-0.2, 0) is 6.54 Å². The Balaban J connectivity index is 1.93. The summed E-state index contributed by atoms with van der Waals surface area (Å²) in [7, 11) is 1.67. The zero-order valence-electron chi connectivity index (χ0n) is 11.6. The molecule has 0 aliphatic carbocycles. The van der Waals surface area contributed by atoms with Crippen LogP contribution in [-0.4, -0.2) is 17.1 Å². The van der Waals surface area contributed by atoms with Crippen LogP contribution in [0.2, 0.25) is 0 Å². The van der Waals surface area contributed by atoms with Gasteiger partial charge in [-0.05, 0) is 31.5 Å². The molecule has 2 rings (SSSR count). The Bertz CT molecular complexity index is 508. The van der Waals surface area contributed by atoms with Gasteiger partial charge in [0.1, 0.15) is 5.75 Å². The lowest BCUT2D eigenvalue weighted by atomic mass is 10.1. The van der Waals surface area contributed by atoms with Crippen LogP contribution in [0.1, 0.15) is 29.9 Å². The number of aryl methyl sites for hydroxylation is 1. The molecule has 0 fully saturated rings. The molecule has 1 unspecified atom stereocenters. The Hall–Kier alpha value is -1.94. The van der Waals surface area contributed by atoms with Crippen LogP contribution in [0.3, 0.4) is 0 Å². The molecule has 100 valence electrons. The third-order valence-corrected chi connectivity index (χ3v) is 3.04. The van der Waals surface area contributed by atoms with E-state index in [9.17, 15) is 0 Å². The molecular weight excluding hydrogens is 238 g/mol. The molecule has 0 saturated heterocycles. The molecule has 0 amide bonds. The second-order valence-corrected chi connectivity index (χ2v) is 4.52. The number of rotatable bonds is 5. The highest BCUT2D eigenvalue weighted by molar-refractivity contribution is 5.28. The summed E-state index contributed by atoms with van der Waals surface area (Å²) in [5.74, 6) is 0.875. The van der Waals surface area contributed by atoms with Crippen LogP contribution in [0.5, 0.6) is 5.75 Å². The lowest BCUT2D eigenvalue weighted by Gasteiger charge is -2.14. The number of ether oxygens (including phenoxy) is 1. The lowest BCUT2D eigenvalue weighted by Crippen LogP contribution is -2.18. The summed E-state index contributed by atoms with van der Waals surface area (Å²) < 4.78 is 5.15. The number of methoxy groups -OCH3 is 1. The number of hydrogen-bond donors (Lipinski definition) is 1. The van der Waals surface area contributed by atoms with Gasteiger partial charge in [-0.25, -0.2) is 0 Å². The second kappa shape index (κ2) is 6.29. The maximum absolute atomic E-state index is 5.15. The van der Waals surface area contributed by atoms with Gasteiger partial charge >= 0.3 is 0 Å². The maximum atomic E-state index is 5.15. The van der Waals surface area contributed by atoms with Crippen molar-refractivity contribution in [2.75, 3.05) is 7.11 Å². The molecule has 2 aromatic rings. The van der Waals surface area contributed by atoms with Crippen molar-refractivity contribution in [1.82, 2.24) is 15.3 Å². The lowest BCUT2D eigenvalue weighted by molar-refractivity contribution is 0.414. The highest BCUT2D eigenvalue weighted by Crippen LogP contribution is 2.17. The minimum atomic E-state index is 0.258. The van der Waals surface area contributed by atoms with Crippen molar-refractivity contribution in [3.05, 3.63) is 53.6 Å². The first-order valence-corrected chi connectivity index (χ1v) is 6.34. The van der Waals surface area contributed by atoms with Gasteiger partial charge in [0.25, 0.3) is 0 Å². The van der Waals surface area contributed by atoms with Gasteiger partial charge in [0, 0.05) is 25.0 Å². The molecule has 1 aromatic heterocycles. The average Bonchev–Trinajstić information content (AvgIpc) is 2.46. The number of nitrogens with one attached hydrogen (secondary N) is 1. The summed E-state index contributed by atoms with van der Waals surface area (Å²) in [5.41, 5.74) is 3.11. The van der Waals surface area contributed by atoms with Crippen molar-refractivity contribution in [2.45, 2.75) is 26.4 Å². The van der Waals surface area contributed by atoms with E-state index in [1.54, 1.807) is 13.3 Å². The fourth-order valence-electron chi connectivity index (χ4n) is 1.78. The molecule has 1 aromatic carbocycles. The minimum Gasteiger partial charge on any atom is -0.497 e. The smallest absolute Gasteiger partial charge is 0.118 e. The Labute approximate surface area is 113 Å². The molecule has 4 nitrogen and oxygen atoms in total. The molecular formula is C15H19N3O. The molecule has 0 saturated carbocycles. The van der Waals surface area contributed by atoms with Crippen molar-refractivity contribution >= 4 is 0 Å². The van der Waals surface area contributed by atoms with Crippen LogP contribution in [0.15, 0.2) is 36.7 Å². The van der Waals surface area contributed by atoms with Gasteiger partial charge in [-0.3, -0.25) is 9.97 Å². The largest absolute Gasteiger partial charge is 0.497 e. The van der Waals surface area contributed by atoms with Crippen molar-refractivity contribution in [1.29, 1.82) is 0 Å². The summed E-state index contributed by atoms with van der Waals surface area (Å²) in [6, 6.07) is 8.33. The fraction of sp³-hybridized carbons (Fsp3) is 0.333. The summed E-state index contributed by atoms with van der Waals surface area (Å²) >= 11 is 0. The highest BCUT2D eigenvalue weighted by Gasteiger charge is 2.05. The molecule has 0 aliphatic rings. The van der Waals surface area contributed by atoms with E-state index in [4.69, 9.17) is 4.74 Å². The fourth-order valence-corrected chi connectivity index (χ4v) is 1.78. The van der Waals surface area contributed by atoms with E-state index in [1.807, 2.05) is 25.3 Å². The Morgan fingerprint density at radius 3 is 2.47 bits per heavy atom. The Morgan fingerprint density at radius 1 is 1.16 bits per heavy atom. The average molecular weight is 257 g/mol. The van der Waals surface area contributed by atoms with Crippen molar-refractivity contribution in [3.8, 4) is 5.75 Å². The van der Waals surface area contributed by atoms with Gasteiger partial charge in [-0.1, -0.05) is 12.1 Å². The van der Waals surface area contributed by atoms with Gasteiger partial charge in [0.05, 0.1) is 18.5 Å².